The Bertz CT molecular complexity index is 818. The van der Waals surface area contributed by atoms with Crippen molar-refractivity contribution < 1.29 is 9.53 Å². The third-order valence-corrected chi connectivity index (χ3v) is 6.10. The molecule has 1 aromatic heterocycles. The van der Waals surface area contributed by atoms with Crippen LogP contribution >= 0.6 is 11.3 Å². The molecule has 0 aliphatic carbocycles. The van der Waals surface area contributed by atoms with Crippen molar-refractivity contribution in [2.75, 3.05) is 25.4 Å². The van der Waals surface area contributed by atoms with Crippen molar-refractivity contribution in [2.45, 2.75) is 32.7 Å². The number of carbonyl (C=O) groups is 1. The second kappa shape index (κ2) is 9.03. The number of nitriles is 1. The first-order chi connectivity index (χ1) is 13.1. The Morgan fingerprint density at radius 3 is 2.67 bits per heavy atom. The second-order valence-corrected chi connectivity index (χ2v) is 7.94. The van der Waals surface area contributed by atoms with E-state index in [-0.39, 0.29) is 5.97 Å². The number of benzene rings is 1. The number of carbonyl (C=O) groups excluding carboxylic acids is 1. The van der Waals surface area contributed by atoms with Crippen LogP contribution in [0.3, 0.4) is 0 Å². The van der Waals surface area contributed by atoms with Gasteiger partial charge >= 0.3 is 5.97 Å². The van der Waals surface area contributed by atoms with Crippen LogP contribution in [0.5, 0.6) is 0 Å². The molecular weight excluding hydrogens is 358 g/mol. The average Bonchev–Trinajstić information content (AvgIpc) is 2.99. The quantitative estimate of drug-likeness (QED) is 0.767. The molecule has 0 spiro atoms. The molecule has 0 bridgehead atoms. The van der Waals surface area contributed by atoms with Crippen LogP contribution in [-0.4, -0.2) is 30.6 Å². The predicted octanol–water partition coefficient (Wildman–Crippen LogP) is 3.83. The van der Waals surface area contributed by atoms with E-state index in [9.17, 15) is 10.1 Å². The summed E-state index contributed by atoms with van der Waals surface area (Å²) in [5, 5.41) is 9.86. The summed E-state index contributed by atoms with van der Waals surface area (Å²) in [7, 11) is 0. The molecule has 0 saturated carbocycles. The van der Waals surface area contributed by atoms with Gasteiger partial charge < -0.3 is 10.5 Å². The fourth-order valence-electron chi connectivity index (χ4n) is 3.64. The summed E-state index contributed by atoms with van der Waals surface area (Å²) in [6.07, 6.45) is 3.34. The molecule has 2 heterocycles. The van der Waals surface area contributed by atoms with Crippen molar-refractivity contribution in [3.8, 4) is 6.07 Å². The number of hydrogen-bond donors (Lipinski definition) is 1. The normalized spacial score (nSPS) is 15.4. The Morgan fingerprint density at radius 2 is 2.04 bits per heavy atom. The Kier molecular flexibility index (Phi) is 6.49. The number of nitrogen functional groups attached to an aromatic ring is 1. The van der Waals surface area contributed by atoms with Crippen LogP contribution < -0.4 is 5.73 Å². The van der Waals surface area contributed by atoms with Crippen LogP contribution in [0.2, 0.25) is 0 Å². The molecule has 0 atom stereocenters. The average molecular weight is 384 g/mol. The molecule has 6 heteroatoms. The summed E-state index contributed by atoms with van der Waals surface area (Å²) in [6.45, 7) is 4.57. The van der Waals surface area contributed by atoms with Gasteiger partial charge in [-0.05, 0) is 50.8 Å². The van der Waals surface area contributed by atoms with Gasteiger partial charge in [0.15, 0.2) is 0 Å². The Balaban J connectivity index is 1.65. The molecule has 1 aliphatic rings. The highest BCUT2D eigenvalue weighted by molar-refractivity contribution is 7.18. The molecular formula is C21H25N3O2S. The van der Waals surface area contributed by atoms with E-state index < -0.39 is 0 Å². The van der Waals surface area contributed by atoms with Gasteiger partial charge in [-0.2, -0.15) is 5.26 Å². The van der Waals surface area contributed by atoms with Crippen molar-refractivity contribution >= 4 is 22.3 Å². The number of likely N-dealkylation sites (tertiary alicyclic amines) is 1. The first kappa shape index (κ1) is 19.4. The van der Waals surface area contributed by atoms with Gasteiger partial charge in [0.2, 0.25) is 0 Å². The monoisotopic (exact) mass is 383 g/mol. The predicted molar refractivity (Wildman–Crippen MR) is 108 cm³/mol. The first-order valence-corrected chi connectivity index (χ1v) is 10.2. The van der Waals surface area contributed by atoms with E-state index in [1.807, 2.05) is 6.07 Å². The lowest BCUT2D eigenvalue weighted by atomic mass is 9.90. The summed E-state index contributed by atoms with van der Waals surface area (Å²) in [6, 6.07) is 12.8. The van der Waals surface area contributed by atoms with E-state index in [1.165, 1.54) is 5.56 Å². The van der Waals surface area contributed by atoms with Crippen LogP contribution in [0.4, 0.5) is 5.00 Å². The molecule has 1 aromatic carbocycles. The molecule has 3 rings (SSSR count). The van der Waals surface area contributed by atoms with E-state index in [1.54, 1.807) is 6.92 Å². The van der Waals surface area contributed by atoms with E-state index in [0.29, 0.717) is 34.5 Å². The zero-order chi connectivity index (χ0) is 19.2. The molecule has 2 aromatic rings. The third kappa shape index (κ3) is 4.68. The lowest BCUT2D eigenvalue weighted by Crippen LogP contribution is -2.34. The van der Waals surface area contributed by atoms with Crippen molar-refractivity contribution in [2.24, 2.45) is 5.92 Å². The largest absolute Gasteiger partial charge is 0.462 e. The maximum Gasteiger partial charge on any atom is 0.348 e. The number of hydrogen-bond acceptors (Lipinski definition) is 6. The zero-order valence-electron chi connectivity index (χ0n) is 15.6. The second-order valence-electron chi connectivity index (χ2n) is 6.89. The molecule has 142 valence electrons. The van der Waals surface area contributed by atoms with E-state index in [4.69, 9.17) is 10.5 Å². The number of nitrogens with zero attached hydrogens (tertiary/aromatic N) is 2. The molecule has 0 radical (unpaired) electrons. The highest BCUT2D eigenvalue weighted by Crippen LogP contribution is 2.33. The van der Waals surface area contributed by atoms with Crippen molar-refractivity contribution in [3.63, 3.8) is 0 Å². The molecule has 1 saturated heterocycles. The van der Waals surface area contributed by atoms with Crippen LogP contribution in [0.1, 0.15) is 46.1 Å². The van der Waals surface area contributed by atoms with Crippen LogP contribution in [0.25, 0.3) is 0 Å². The maximum atomic E-state index is 12.2. The number of anilines is 1. The number of thiophene rings is 1. The standard InChI is InChI=1S/C21H25N3O2S/c1-2-26-21(25)19-18(17(13-22)20(23)27-19)14-24-10-8-16(9-11-24)12-15-6-4-3-5-7-15/h3-7,16H,2,8-12,14,23H2,1H3. The summed E-state index contributed by atoms with van der Waals surface area (Å²) >= 11 is 1.16. The third-order valence-electron chi connectivity index (χ3n) is 5.06. The highest BCUT2D eigenvalue weighted by atomic mass is 32.1. The molecule has 2 N–H and O–H groups in total. The fraction of sp³-hybridized carbons (Fsp3) is 0.429. The van der Waals surface area contributed by atoms with Crippen molar-refractivity contribution in [3.05, 3.63) is 51.9 Å². The summed E-state index contributed by atoms with van der Waals surface area (Å²) in [5.41, 5.74) is 8.50. The minimum Gasteiger partial charge on any atom is -0.462 e. The van der Waals surface area contributed by atoms with Gasteiger partial charge in [0, 0.05) is 12.1 Å². The van der Waals surface area contributed by atoms with E-state index in [0.717, 1.165) is 49.3 Å². The Hall–Kier alpha value is -2.36. The first-order valence-electron chi connectivity index (χ1n) is 9.37. The van der Waals surface area contributed by atoms with Gasteiger partial charge in [0.05, 0.1) is 12.2 Å². The van der Waals surface area contributed by atoms with Crippen LogP contribution in [-0.2, 0) is 17.7 Å². The van der Waals surface area contributed by atoms with Crippen LogP contribution in [0, 0.1) is 17.2 Å². The number of piperidine rings is 1. The minimum atomic E-state index is -0.385. The highest BCUT2D eigenvalue weighted by Gasteiger charge is 2.26. The van der Waals surface area contributed by atoms with Gasteiger partial charge in [0.25, 0.3) is 0 Å². The van der Waals surface area contributed by atoms with Gasteiger partial charge in [-0.1, -0.05) is 30.3 Å². The molecule has 1 fully saturated rings. The molecule has 5 nitrogen and oxygen atoms in total. The summed E-state index contributed by atoms with van der Waals surface area (Å²) in [4.78, 5) is 15.0. The number of nitrogens with two attached hydrogens (primary N) is 1. The Morgan fingerprint density at radius 1 is 1.33 bits per heavy atom. The number of ether oxygens (including phenoxy) is 1. The van der Waals surface area contributed by atoms with Gasteiger partial charge in [-0.3, -0.25) is 4.90 Å². The van der Waals surface area contributed by atoms with Crippen molar-refractivity contribution in [1.29, 1.82) is 5.26 Å². The summed E-state index contributed by atoms with van der Waals surface area (Å²) in [5.74, 6) is 0.292. The smallest absolute Gasteiger partial charge is 0.348 e. The molecule has 0 unspecified atom stereocenters. The van der Waals surface area contributed by atoms with Gasteiger partial charge in [0.1, 0.15) is 15.9 Å². The lowest BCUT2D eigenvalue weighted by molar-refractivity contribution is 0.0529. The summed E-state index contributed by atoms with van der Waals surface area (Å²) < 4.78 is 5.14. The number of rotatable bonds is 6. The van der Waals surface area contributed by atoms with Gasteiger partial charge in [-0.25, -0.2) is 4.79 Å². The van der Waals surface area contributed by atoms with E-state index in [2.05, 4.69) is 35.2 Å². The zero-order valence-corrected chi connectivity index (χ0v) is 16.4. The molecule has 27 heavy (non-hydrogen) atoms. The van der Waals surface area contributed by atoms with Crippen molar-refractivity contribution in [1.82, 2.24) is 4.90 Å². The SMILES string of the molecule is CCOC(=O)c1sc(N)c(C#N)c1CN1CCC(Cc2ccccc2)CC1. The lowest BCUT2D eigenvalue weighted by Gasteiger charge is -2.32. The van der Waals surface area contributed by atoms with Gasteiger partial charge in [-0.15, -0.1) is 11.3 Å². The molecule has 0 amide bonds. The van der Waals surface area contributed by atoms with Crippen LogP contribution in [0.15, 0.2) is 30.3 Å². The minimum absolute atomic E-state index is 0.308. The number of esters is 1. The van der Waals surface area contributed by atoms with E-state index >= 15 is 0 Å². The maximum absolute atomic E-state index is 12.2. The fourth-order valence-corrected chi connectivity index (χ4v) is 4.56. The molecule has 1 aliphatic heterocycles. The topological polar surface area (TPSA) is 79.3 Å². The Labute approximate surface area is 164 Å².